The van der Waals surface area contributed by atoms with Gasteiger partial charge in [-0.1, -0.05) is 183 Å². The predicted molar refractivity (Wildman–Crippen MR) is 271 cm³/mol. The van der Waals surface area contributed by atoms with Crippen molar-refractivity contribution in [2.75, 3.05) is 0 Å². The third kappa shape index (κ3) is 11.2. The third-order valence-electron chi connectivity index (χ3n) is 11.1. The maximum absolute atomic E-state index is 4.93. The Morgan fingerprint density at radius 3 is 1.40 bits per heavy atom. The van der Waals surface area contributed by atoms with Gasteiger partial charge in [0.05, 0.1) is 25.7 Å². The van der Waals surface area contributed by atoms with Crippen molar-refractivity contribution in [3.63, 3.8) is 0 Å². The van der Waals surface area contributed by atoms with Gasteiger partial charge in [0.15, 0.2) is 0 Å². The van der Waals surface area contributed by atoms with Gasteiger partial charge in [0.25, 0.3) is 0 Å². The standard InChI is InChI=1S/2C21H25Si.C12H7Si.2ClH.Zr/c2*1-5-9-16-14-17-10-8-12-18(20(17)15-16)19-11-6-7-13-21(19)22(2,3)4;1-3-7-11-9(5-1)10-6-2-4-8-12(10)13-11;;;/h2*6-8,10-15H,5,9H2,1-4H3;1-7H;2*1H;/q3*-1;;;+2/p-2. The van der Waals surface area contributed by atoms with Crippen molar-refractivity contribution in [3.8, 4) is 33.4 Å². The summed E-state index contributed by atoms with van der Waals surface area (Å²) in [6.07, 6.45) is 4.75. The second-order valence-electron chi connectivity index (χ2n) is 17.6. The van der Waals surface area contributed by atoms with Crippen LogP contribution in [0, 0.1) is 6.07 Å². The van der Waals surface area contributed by atoms with Crippen LogP contribution in [0.25, 0.3) is 54.9 Å². The summed E-state index contributed by atoms with van der Waals surface area (Å²) in [7, 11) is 7.95. The van der Waals surface area contributed by atoms with Crippen LogP contribution in [0.3, 0.4) is 0 Å². The summed E-state index contributed by atoms with van der Waals surface area (Å²) in [5.41, 5.74) is 11.4. The minimum atomic E-state index is -1.36. The first-order chi connectivity index (χ1) is 28.9. The summed E-state index contributed by atoms with van der Waals surface area (Å²) < 4.78 is 0. The molecule has 1 aliphatic heterocycles. The Morgan fingerprint density at radius 2 is 0.933 bits per heavy atom. The Morgan fingerprint density at radius 1 is 0.517 bits per heavy atom. The molecule has 0 atom stereocenters. The topological polar surface area (TPSA) is 0 Å². The summed E-state index contributed by atoms with van der Waals surface area (Å²) in [6, 6.07) is 59.1. The van der Waals surface area contributed by atoms with E-state index in [2.05, 4.69) is 205 Å². The molecule has 6 heteroatoms. The van der Waals surface area contributed by atoms with Gasteiger partial charge in [0, 0.05) is 0 Å². The van der Waals surface area contributed by atoms with Crippen LogP contribution in [0.1, 0.15) is 37.8 Å². The predicted octanol–water partition coefficient (Wildman–Crippen LogP) is 13.9. The molecule has 0 unspecified atom stereocenters. The van der Waals surface area contributed by atoms with Crippen LogP contribution in [0.5, 0.6) is 0 Å². The maximum Gasteiger partial charge on any atom is 0.0920 e. The van der Waals surface area contributed by atoms with Gasteiger partial charge in [0.1, 0.15) is 0 Å². The molecule has 1 aliphatic rings. The van der Waals surface area contributed by atoms with Crippen molar-refractivity contribution in [3.05, 3.63) is 169 Å². The molecule has 0 fully saturated rings. The van der Waals surface area contributed by atoms with Crippen molar-refractivity contribution < 1.29 is 20.8 Å². The average Bonchev–Trinajstić information content (AvgIpc) is 3.96. The normalized spacial score (nSPS) is 11.7. The number of hydrogen-bond acceptors (Lipinski definition) is 0. The van der Waals surface area contributed by atoms with E-state index in [1.165, 1.54) is 102 Å². The van der Waals surface area contributed by atoms with Gasteiger partial charge in [-0.15, -0.1) is 74.6 Å². The molecule has 1 heterocycles. The van der Waals surface area contributed by atoms with E-state index in [1.54, 1.807) is 10.4 Å². The van der Waals surface area contributed by atoms with Crippen LogP contribution in [0.2, 0.25) is 39.3 Å². The van der Waals surface area contributed by atoms with Crippen LogP contribution in [-0.2, 0) is 33.7 Å². The number of hydrogen-bond donors (Lipinski definition) is 0. The summed E-state index contributed by atoms with van der Waals surface area (Å²) in [4.78, 5) is 0. The molecule has 8 aromatic rings. The van der Waals surface area contributed by atoms with E-state index < -0.39 is 37.0 Å². The fraction of sp³-hybridized carbons (Fsp3) is 0.222. The van der Waals surface area contributed by atoms with Crippen LogP contribution in [-0.4, -0.2) is 25.7 Å². The van der Waals surface area contributed by atoms with Gasteiger partial charge in [0.2, 0.25) is 0 Å². The van der Waals surface area contributed by atoms with Crippen LogP contribution in [0.4, 0.5) is 0 Å². The number of rotatable bonds is 8. The molecule has 0 amide bonds. The Balaban J connectivity index is 0.000000150. The minimum absolute atomic E-state index is 0.795. The fourth-order valence-corrected chi connectivity index (χ4v) is 13.0. The fourth-order valence-electron chi connectivity index (χ4n) is 8.40. The Bertz CT molecular complexity index is 2460. The molecule has 0 saturated heterocycles. The molecule has 0 aromatic heterocycles. The first-order valence-electron chi connectivity index (χ1n) is 21.3. The van der Waals surface area contributed by atoms with Gasteiger partial charge < -0.3 is 0 Å². The molecule has 0 saturated carbocycles. The second kappa shape index (κ2) is 21.2. The second-order valence-corrected chi connectivity index (χ2v) is 32.7. The molecule has 306 valence electrons. The van der Waals surface area contributed by atoms with Crippen molar-refractivity contribution in [2.24, 2.45) is 0 Å². The zero-order valence-corrected chi connectivity index (χ0v) is 43.5. The van der Waals surface area contributed by atoms with Crippen LogP contribution < -0.4 is 20.7 Å². The van der Waals surface area contributed by atoms with Crippen molar-refractivity contribution in [1.82, 2.24) is 0 Å². The van der Waals surface area contributed by atoms with E-state index >= 15 is 0 Å². The molecule has 0 spiro atoms. The van der Waals surface area contributed by atoms with Crippen molar-refractivity contribution >= 4 is 85.0 Å². The average molecular weight is 952 g/mol. The van der Waals surface area contributed by atoms with E-state index in [9.17, 15) is 0 Å². The SMILES string of the molecule is CCCc1cc2c(-c3ccccc3[Si](C)(C)C)cccc2[cH-]1.CCCc1cc2c(-c3ccccc3[Si](C)(C)C)cccc2[cH-]1.[Cl][Zr][Cl].[c-]1cccc2c1[Si]c1ccccc1-2. The Labute approximate surface area is 383 Å². The maximum atomic E-state index is 4.93. The zero-order valence-electron chi connectivity index (χ0n) is 36.5. The Hall–Kier alpha value is -3.35. The van der Waals surface area contributed by atoms with E-state index in [1.807, 2.05) is 6.07 Å². The molecule has 2 radical (unpaired) electrons. The van der Waals surface area contributed by atoms with E-state index in [4.69, 9.17) is 17.0 Å². The summed E-state index contributed by atoms with van der Waals surface area (Å²) in [5, 5.41) is 11.5. The molecule has 0 aliphatic carbocycles. The number of benzene rings is 6. The van der Waals surface area contributed by atoms with Gasteiger partial charge in [-0.2, -0.15) is 41.6 Å². The number of fused-ring (bicyclic) bond motifs is 5. The van der Waals surface area contributed by atoms with Gasteiger partial charge in [-0.25, -0.2) is 0 Å². The van der Waals surface area contributed by atoms with Crippen LogP contribution in [0.15, 0.2) is 152 Å². The monoisotopic (exact) mass is 949 g/mol. The van der Waals surface area contributed by atoms with Gasteiger partial charge in [-0.3, -0.25) is 0 Å². The zero-order chi connectivity index (χ0) is 42.9. The molecular formula is C54H57Cl2Si3Zr-3. The first-order valence-corrected chi connectivity index (χ1v) is 35.6. The molecule has 0 N–H and O–H groups in total. The summed E-state index contributed by atoms with van der Waals surface area (Å²) >= 11 is -0.826. The van der Waals surface area contributed by atoms with Gasteiger partial charge >= 0.3 is 37.9 Å². The Kier molecular flexibility index (Phi) is 16.3. The van der Waals surface area contributed by atoms with Crippen LogP contribution >= 0.6 is 17.0 Å². The number of aryl methyl sites for hydroxylation is 2. The smallest absolute Gasteiger partial charge is 0.0920 e. The molecule has 9 rings (SSSR count). The van der Waals surface area contributed by atoms with Crippen molar-refractivity contribution in [2.45, 2.75) is 78.8 Å². The van der Waals surface area contributed by atoms with Crippen molar-refractivity contribution in [1.29, 1.82) is 0 Å². The van der Waals surface area contributed by atoms with E-state index in [-0.39, 0.29) is 0 Å². The summed E-state index contributed by atoms with van der Waals surface area (Å²) in [5.74, 6) is 0. The minimum Gasteiger partial charge on any atom is -0.184 e. The molecule has 0 nitrogen and oxygen atoms in total. The molecule has 0 bridgehead atoms. The number of halogens is 2. The first kappa shape index (κ1) is 46.2. The molecular weight excluding hydrogens is 895 g/mol. The van der Waals surface area contributed by atoms with Gasteiger partial charge in [-0.05, 0) is 24.0 Å². The summed E-state index contributed by atoms with van der Waals surface area (Å²) in [6.45, 7) is 19.1. The van der Waals surface area contributed by atoms with E-state index in [0.717, 1.165) is 9.52 Å². The molecule has 60 heavy (non-hydrogen) atoms. The largest absolute Gasteiger partial charge is 0.184 e. The third-order valence-corrected chi connectivity index (χ3v) is 16.6. The molecule has 8 aromatic carbocycles. The quantitative estimate of drug-likeness (QED) is 0.105. The van der Waals surface area contributed by atoms with E-state index in [0.29, 0.717) is 0 Å².